The van der Waals surface area contributed by atoms with Crippen LogP contribution in [0.2, 0.25) is 0 Å². The van der Waals surface area contributed by atoms with Crippen LogP contribution in [-0.2, 0) is 13.0 Å². The van der Waals surface area contributed by atoms with Crippen LogP contribution in [-0.4, -0.2) is 35.1 Å². The maximum absolute atomic E-state index is 12.3. The topological polar surface area (TPSA) is 69.6 Å². The number of amides is 2. The normalized spacial score (nSPS) is 14.8. The van der Waals surface area contributed by atoms with E-state index in [0.717, 1.165) is 37.9 Å². The number of hydrogen-bond donors (Lipinski definition) is 2. The predicted octanol–water partition coefficient (Wildman–Crippen LogP) is 3.55. The number of benzene rings is 2. The van der Waals surface area contributed by atoms with Crippen molar-refractivity contribution in [1.29, 1.82) is 0 Å². The highest BCUT2D eigenvalue weighted by Crippen LogP contribution is 2.21. The van der Waals surface area contributed by atoms with Gasteiger partial charge in [0.15, 0.2) is 0 Å². The molecule has 0 aromatic heterocycles. The molecule has 2 amide bonds. The number of carbonyl (C=O) groups is 2. The molecular weight excluding hydrogens is 328 g/mol. The molecule has 1 heterocycles. The van der Waals surface area contributed by atoms with E-state index in [4.69, 9.17) is 5.11 Å². The van der Waals surface area contributed by atoms with Crippen LogP contribution in [0.3, 0.4) is 0 Å². The number of carbonyl (C=O) groups excluding carboxylic acids is 1. The van der Waals surface area contributed by atoms with Crippen LogP contribution in [0, 0.1) is 5.92 Å². The number of nitrogens with zero attached hydrogens (tertiary/aromatic N) is 1. The molecule has 5 heteroatoms. The first kappa shape index (κ1) is 18.0. The summed E-state index contributed by atoms with van der Waals surface area (Å²) < 4.78 is 0. The third-order valence-electron chi connectivity index (χ3n) is 4.91. The average molecular weight is 352 g/mol. The molecule has 2 aromatic rings. The number of rotatable bonds is 5. The van der Waals surface area contributed by atoms with Crippen molar-refractivity contribution in [3.05, 3.63) is 71.3 Å². The Kier molecular flexibility index (Phi) is 5.89. The number of likely N-dealkylation sites (tertiary alicyclic amines) is 1. The highest BCUT2D eigenvalue weighted by Gasteiger charge is 2.22. The van der Waals surface area contributed by atoms with Crippen LogP contribution >= 0.6 is 0 Å². The van der Waals surface area contributed by atoms with Gasteiger partial charge in [0, 0.05) is 19.6 Å². The molecule has 2 N–H and O–H groups in total. The molecule has 3 rings (SSSR count). The van der Waals surface area contributed by atoms with Crippen molar-refractivity contribution in [2.75, 3.05) is 13.1 Å². The number of hydrogen-bond acceptors (Lipinski definition) is 2. The summed E-state index contributed by atoms with van der Waals surface area (Å²) in [5.41, 5.74) is 2.50. The second-order valence-electron chi connectivity index (χ2n) is 6.78. The minimum atomic E-state index is -0.945. The van der Waals surface area contributed by atoms with E-state index in [9.17, 15) is 9.59 Å². The van der Waals surface area contributed by atoms with Gasteiger partial charge in [0.1, 0.15) is 0 Å². The van der Waals surface area contributed by atoms with Crippen LogP contribution in [0.4, 0.5) is 4.79 Å². The van der Waals surface area contributed by atoms with Crippen molar-refractivity contribution in [1.82, 2.24) is 10.2 Å². The summed E-state index contributed by atoms with van der Waals surface area (Å²) in [5.74, 6) is -0.316. The number of aromatic carboxylic acids is 1. The highest BCUT2D eigenvalue weighted by molar-refractivity contribution is 5.87. The van der Waals surface area contributed by atoms with Crippen molar-refractivity contribution < 1.29 is 14.7 Å². The molecule has 1 saturated heterocycles. The summed E-state index contributed by atoms with van der Waals surface area (Å²) in [6.45, 7) is 1.96. The molecule has 2 aromatic carbocycles. The molecule has 1 fully saturated rings. The SMILES string of the molecule is O=C(O)c1ccc(CNC(=O)N2CCC(Cc3ccccc3)CC2)cc1. The van der Waals surface area contributed by atoms with E-state index >= 15 is 0 Å². The van der Waals surface area contributed by atoms with Gasteiger partial charge in [-0.15, -0.1) is 0 Å². The maximum Gasteiger partial charge on any atom is 0.335 e. The predicted molar refractivity (Wildman–Crippen MR) is 100 cm³/mol. The van der Waals surface area contributed by atoms with Crippen molar-refractivity contribution in [3.8, 4) is 0 Å². The van der Waals surface area contributed by atoms with Crippen LogP contribution in [0.15, 0.2) is 54.6 Å². The number of piperidine rings is 1. The molecule has 0 bridgehead atoms. The van der Waals surface area contributed by atoms with Crippen molar-refractivity contribution in [3.63, 3.8) is 0 Å². The van der Waals surface area contributed by atoms with Gasteiger partial charge in [-0.3, -0.25) is 0 Å². The van der Waals surface area contributed by atoms with E-state index in [2.05, 4.69) is 29.6 Å². The van der Waals surface area contributed by atoms with E-state index in [-0.39, 0.29) is 11.6 Å². The van der Waals surface area contributed by atoms with Gasteiger partial charge in [-0.25, -0.2) is 9.59 Å². The molecule has 136 valence electrons. The fraction of sp³-hybridized carbons (Fsp3) is 0.333. The third kappa shape index (κ3) is 4.85. The van der Waals surface area contributed by atoms with Gasteiger partial charge >= 0.3 is 12.0 Å². The van der Waals surface area contributed by atoms with Crippen molar-refractivity contribution in [2.45, 2.75) is 25.8 Å². The smallest absolute Gasteiger partial charge is 0.335 e. The fourth-order valence-corrected chi connectivity index (χ4v) is 3.34. The van der Waals surface area contributed by atoms with Crippen LogP contribution < -0.4 is 5.32 Å². The minimum absolute atomic E-state index is 0.0505. The van der Waals surface area contributed by atoms with E-state index in [0.29, 0.717) is 12.5 Å². The summed E-state index contributed by atoms with van der Waals surface area (Å²) in [6, 6.07) is 17.0. The molecule has 1 aliphatic heterocycles. The van der Waals surface area contributed by atoms with E-state index in [1.807, 2.05) is 11.0 Å². The lowest BCUT2D eigenvalue weighted by molar-refractivity contribution is 0.0697. The largest absolute Gasteiger partial charge is 0.478 e. The van der Waals surface area contributed by atoms with Crippen molar-refractivity contribution >= 4 is 12.0 Å². The monoisotopic (exact) mass is 352 g/mol. The molecule has 0 spiro atoms. The summed E-state index contributed by atoms with van der Waals surface area (Å²) in [4.78, 5) is 25.1. The quantitative estimate of drug-likeness (QED) is 0.864. The summed E-state index contributed by atoms with van der Waals surface area (Å²) in [5, 5.41) is 11.8. The van der Waals surface area contributed by atoms with E-state index in [1.54, 1.807) is 24.3 Å². The average Bonchev–Trinajstić information content (AvgIpc) is 2.68. The molecular formula is C21H24N2O3. The lowest BCUT2D eigenvalue weighted by Crippen LogP contribution is -2.44. The third-order valence-corrected chi connectivity index (χ3v) is 4.91. The van der Waals surface area contributed by atoms with Gasteiger partial charge in [-0.1, -0.05) is 42.5 Å². The molecule has 26 heavy (non-hydrogen) atoms. The molecule has 0 atom stereocenters. The summed E-state index contributed by atoms with van der Waals surface area (Å²) in [6.07, 6.45) is 3.12. The Morgan fingerprint density at radius 1 is 0.962 bits per heavy atom. The van der Waals surface area contributed by atoms with Gasteiger partial charge in [0.2, 0.25) is 0 Å². The Hall–Kier alpha value is -2.82. The number of nitrogens with one attached hydrogen (secondary N) is 1. The van der Waals surface area contributed by atoms with Gasteiger partial charge < -0.3 is 15.3 Å². The second-order valence-corrected chi connectivity index (χ2v) is 6.78. The number of carboxylic acid groups (broad SMARTS) is 1. The second kappa shape index (κ2) is 8.52. The molecule has 0 unspecified atom stereocenters. The number of urea groups is 1. The fourth-order valence-electron chi connectivity index (χ4n) is 3.34. The first-order chi connectivity index (χ1) is 12.6. The van der Waals surface area contributed by atoms with Crippen LogP contribution in [0.25, 0.3) is 0 Å². The summed E-state index contributed by atoms with van der Waals surface area (Å²) >= 11 is 0. The standard InChI is InChI=1S/C21H24N2O3/c24-20(25)19-8-6-18(7-9-19)15-22-21(26)23-12-10-17(11-13-23)14-16-4-2-1-3-5-16/h1-9,17H,10-15H2,(H,22,26)(H,24,25). The Morgan fingerprint density at radius 3 is 2.23 bits per heavy atom. The maximum atomic E-state index is 12.3. The van der Waals surface area contributed by atoms with Gasteiger partial charge in [0.25, 0.3) is 0 Å². The Bertz CT molecular complexity index is 736. The highest BCUT2D eigenvalue weighted by atomic mass is 16.4. The Balaban J connectivity index is 1.42. The molecule has 5 nitrogen and oxygen atoms in total. The first-order valence-electron chi connectivity index (χ1n) is 9.01. The zero-order valence-electron chi connectivity index (χ0n) is 14.7. The lowest BCUT2D eigenvalue weighted by atomic mass is 9.90. The molecule has 0 radical (unpaired) electrons. The minimum Gasteiger partial charge on any atom is -0.478 e. The zero-order chi connectivity index (χ0) is 18.4. The van der Waals surface area contributed by atoms with Gasteiger partial charge in [-0.2, -0.15) is 0 Å². The van der Waals surface area contributed by atoms with Crippen molar-refractivity contribution in [2.24, 2.45) is 5.92 Å². The molecule has 0 saturated carbocycles. The van der Waals surface area contributed by atoms with Crippen LogP contribution in [0.1, 0.15) is 34.3 Å². The first-order valence-corrected chi connectivity index (χ1v) is 9.01. The van der Waals surface area contributed by atoms with Gasteiger partial charge in [-0.05, 0) is 48.4 Å². The van der Waals surface area contributed by atoms with Crippen LogP contribution in [0.5, 0.6) is 0 Å². The zero-order valence-corrected chi connectivity index (χ0v) is 14.7. The Morgan fingerprint density at radius 2 is 1.62 bits per heavy atom. The van der Waals surface area contributed by atoms with E-state index in [1.165, 1.54) is 5.56 Å². The summed E-state index contributed by atoms with van der Waals surface area (Å²) in [7, 11) is 0. The Labute approximate surface area is 153 Å². The number of carboxylic acids is 1. The van der Waals surface area contributed by atoms with Gasteiger partial charge in [0.05, 0.1) is 5.56 Å². The lowest BCUT2D eigenvalue weighted by Gasteiger charge is -2.32. The molecule has 1 aliphatic rings. The molecule has 0 aliphatic carbocycles. The van der Waals surface area contributed by atoms with E-state index < -0.39 is 5.97 Å².